The van der Waals surface area contributed by atoms with Gasteiger partial charge in [-0.2, -0.15) is 0 Å². The standard InChI is InChI=1S/C4H8O2.3H2O.Zr/c1-2-3-4(5)6;;;;/h2-3H2,1H3,(H,5,6);3*1H2;/q;;;;+4/p-4. The van der Waals surface area contributed by atoms with Gasteiger partial charge < -0.3 is 26.3 Å². The molecule has 0 heterocycles. The smallest absolute Gasteiger partial charge is 0.870 e. The Morgan fingerprint density at radius 2 is 1.60 bits per heavy atom. The van der Waals surface area contributed by atoms with Crippen molar-refractivity contribution < 1.29 is 52.5 Å². The van der Waals surface area contributed by atoms with Gasteiger partial charge in [-0.05, 0) is 6.42 Å². The van der Waals surface area contributed by atoms with E-state index < -0.39 is 5.97 Å². The van der Waals surface area contributed by atoms with Crippen LogP contribution in [-0.4, -0.2) is 22.4 Å². The van der Waals surface area contributed by atoms with E-state index in [0.717, 1.165) is 0 Å². The summed E-state index contributed by atoms with van der Waals surface area (Å²) >= 11 is 0. The third kappa shape index (κ3) is 41.2. The molecule has 0 atom stereocenters. The first-order valence-corrected chi connectivity index (χ1v) is 1.97. The Balaban J connectivity index is -0.0000000208. The first-order valence-electron chi connectivity index (χ1n) is 1.97. The molecule has 0 rings (SSSR count). The predicted octanol–water partition coefficient (Wildman–Crippen LogP) is -0.996. The van der Waals surface area contributed by atoms with Crippen LogP contribution in [0.2, 0.25) is 0 Å². The van der Waals surface area contributed by atoms with Crippen LogP contribution in [0.1, 0.15) is 19.8 Å². The summed E-state index contributed by atoms with van der Waals surface area (Å²) in [5.41, 5.74) is 0. The first-order chi connectivity index (χ1) is 2.77. The predicted molar refractivity (Wildman–Crippen MR) is 25.7 cm³/mol. The second kappa shape index (κ2) is 22.9. The molecule has 6 heteroatoms. The largest absolute Gasteiger partial charge is 4.00 e. The maximum Gasteiger partial charge on any atom is 4.00 e. The van der Waals surface area contributed by atoms with Crippen molar-refractivity contribution in [2.45, 2.75) is 19.8 Å². The van der Waals surface area contributed by atoms with E-state index in [-0.39, 0.29) is 49.1 Å². The van der Waals surface area contributed by atoms with Crippen LogP contribution >= 0.6 is 0 Å². The van der Waals surface area contributed by atoms with Crippen molar-refractivity contribution in [2.75, 3.05) is 0 Å². The summed E-state index contributed by atoms with van der Waals surface area (Å²) in [7, 11) is 0. The minimum Gasteiger partial charge on any atom is -0.870 e. The van der Waals surface area contributed by atoms with Crippen molar-refractivity contribution >= 4 is 5.97 Å². The normalized spacial score (nSPS) is 4.90. The number of hydrogen-bond donors (Lipinski definition) is 0. The molecule has 60 valence electrons. The molecule has 0 aromatic carbocycles. The number of carboxylic acid groups (broad SMARTS) is 1. The van der Waals surface area contributed by atoms with Gasteiger partial charge in [0.05, 0.1) is 0 Å². The zero-order chi connectivity index (χ0) is 4.99. The molecule has 0 aliphatic rings. The molecular weight excluding hydrogens is 219 g/mol. The van der Waals surface area contributed by atoms with E-state index in [1.165, 1.54) is 0 Å². The molecular formula is C4H10O5Zr. The summed E-state index contributed by atoms with van der Waals surface area (Å²) in [6.07, 6.45) is 0.850. The van der Waals surface area contributed by atoms with Crippen LogP contribution in [0.25, 0.3) is 0 Å². The second-order valence-corrected chi connectivity index (χ2v) is 1.12. The minimum absolute atomic E-state index is 0. The fraction of sp³-hybridized carbons (Fsp3) is 0.750. The number of hydrogen-bond acceptors (Lipinski definition) is 5. The van der Waals surface area contributed by atoms with Crippen LogP contribution in [0.4, 0.5) is 0 Å². The van der Waals surface area contributed by atoms with E-state index in [4.69, 9.17) is 0 Å². The topological polar surface area (TPSA) is 130 Å². The molecule has 0 amide bonds. The van der Waals surface area contributed by atoms with E-state index in [0.29, 0.717) is 6.42 Å². The minimum atomic E-state index is -0.961. The first kappa shape index (κ1) is 31.9. The van der Waals surface area contributed by atoms with E-state index in [2.05, 4.69) is 0 Å². The Hall–Kier alpha value is 0.233. The van der Waals surface area contributed by atoms with Crippen LogP contribution in [0.3, 0.4) is 0 Å². The van der Waals surface area contributed by atoms with Crippen molar-refractivity contribution in [3.05, 3.63) is 0 Å². The van der Waals surface area contributed by atoms with Crippen molar-refractivity contribution in [3.63, 3.8) is 0 Å². The van der Waals surface area contributed by atoms with Crippen molar-refractivity contribution in [3.8, 4) is 0 Å². The summed E-state index contributed by atoms with van der Waals surface area (Å²) in [6.45, 7) is 1.80. The number of carboxylic acids is 1. The number of carbonyl (C=O) groups is 1. The summed E-state index contributed by atoms with van der Waals surface area (Å²) in [4.78, 5) is 9.49. The van der Waals surface area contributed by atoms with Gasteiger partial charge in [0.15, 0.2) is 0 Å². The Morgan fingerprint density at radius 1 is 1.30 bits per heavy atom. The SMILES string of the molecule is CCCC(=O)[O-].[OH-].[OH-].[OH-].[Zr+4]. The van der Waals surface area contributed by atoms with Gasteiger partial charge >= 0.3 is 26.2 Å². The van der Waals surface area contributed by atoms with Crippen LogP contribution < -0.4 is 5.11 Å². The molecule has 0 saturated heterocycles. The van der Waals surface area contributed by atoms with Crippen molar-refractivity contribution in [2.24, 2.45) is 0 Å². The van der Waals surface area contributed by atoms with Gasteiger partial charge in [-0.15, -0.1) is 0 Å². The van der Waals surface area contributed by atoms with E-state index in [9.17, 15) is 9.90 Å². The second-order valence-electron chi connectivity index (χ2n) is 1.12. The van der Waals surface area contributed by atoms with Gasteiger partial charge in [0, 0.05) is 5.97 Å². The molecule has 0 aliphatic heterocycles. The summed E-state index contributed by atoms with van der Waals surface area (Å²) < 4.78 is 0. The van der Waals surface area contributed by atoms with Crippen LogP contribution in [0.15, 0.2) is 0 Å². The maximum atomic E-state index is 9.49. The summed E-state index contributed by atoms with van der Waals surface area (Å²) in [5, 5.41) is 9.49. The molecule has 10 heavy (non-hydrogen) atoms. The molecule has 0 radical (unpaired) electrons. The molecule has 0 saturated carbocycles. The summed E-state index contributed by atoms with van der Waals surface area (Å²) in [6, 6.07) is 0. The average molecular weight is 229 g/mol. The number of aliphatic carboxylic acids is 1. The summed E-state index contributed by atoms with van der Waals surface area (Å²) in [5.74, 6) is -0.961. The van der Waals surface area contributed by atoms with Gasteiger partial charge in [0.2, 0.25) is 0 Å². The zero-order valence-electron chi connectivity index (χ0n) is 5.57. The van der Waals surface area contributed by atoms with E-state index >= 15 is 0 Å². The van der Waals surface area contributed by atoms with E-state index in [1.807, 2.05) is 0 Å². The Morgan fingerprint density at radius 3 is 1.60 bits per heavy atom. The molecule has 0 bridgehead atoms. The molecule has 3 N–H and O–H groups in total. The van der Waals surface area contributed by atoms with Gasteiger partial charge in [-0.3, -0.25) is 0 Å². The zero-order valence-corrected chi connectivity index (χ0v) is 8.03. The monoisotopic (exact) mass is 228 g/mol. The van der Waals surface area contributed by atoms with Crippen molar-refractivity contribution in [1.29, 1.82) is 0 Å². The Labute approximate surface area is 78.5 Å². The Kier molecular flexibility index (Phi) is 72.8. The molecule has 0 fully saturated rings. The molecule has 0 spiro atoms. The van der Waals surface area contributed by atoms with Gasteiger partial charge in [0.1, 0.15) is 0 Å². The van der Waals surface area contributed by atoms with E-state index in [1.54, 1.807) is 6.92 Å². The Bertz CT molecular complexity index is 57.6. The maximum absolute atomic E-state index is 9.49. The van der Waals surface area contributed by atoms with Crippen molar-refractivity contribution in [1.82, 2.24) is 0 Å². The average Bonchev–Trinajstić information content (AvgIpc) is 1.35. The molecule has 0 aromatic heterocycles. The number of carbonyl (C=O) groups excluding carboxylic acids is 1. The van der Waals surface area contributed by atoms with Crippen LogP contribution in [0.5, 0.6) is 0 Å². The molecule has 0 aromatic rings. The molecule has 0 aliphatic carbocycles. The quantitative estimate of drug-likeness (QED) is 0.599. The van der Waals surface area contributed by atoms with Gasteiger partial charge in [0.25, 0.3) is 0 Å². The molecule has 0 unspecified atom stereocenters. The van der Waals surface area contributed by atoms with Crippen LogP contribution in [0, 0.1) is 0 Å². The third-order valence-electron chi connectivity index (χ3n) is 0.454. The van der Waals surface area contributed by atoms with Gasteiger partial charge in [-0.1, -0.05) is 13.3 Å². The number of rotatable bonds is 2. The fourth-order valence-corrected chi connectivity index (χ4v) is 0.204. The fourth-order valence-electron chi connectivity index (χ4n) is 0.204. The van der Waals surface area contributed by atoms with Gasteiger partial charge in [-0.25, -0.2) is 0 Å². The third-order valence-corrected chi connectivity index (χ3v) is 0.454. The van der Waals surface area contributed by atoms with Crippen LogP contribution in [-0.2, 0) is 31.0 Å². The molecule has 5 nitrogen and oxygen atoms in total.